The standard InChI is InChI=1S/C26H32N2O5S/c1-17-14-18(2)24(19(3)15-17)34(30,31)28-12-8-20(9-13-28)25(29)27-21-6-7-22-23(16-21)33-26(32-22)10-4-5-11-26/h6-7,14-16,20H,4-5,8-13H2,1-3H3,(H,27,29). The third-order valence-electron chi connectivity index (χ3n) is 7.20. The Kier molecular flexibility index (Phi) is 5.84. The van der Waals surface area contributed by atoms with Gasteiger partial charge in [0.25, 0.3) is 5.79 Å². The van der Waals surface area contributed by atoms with Gasteiger partial charge in [0, 0.05) is 43.6 Å². The Balaban J connectivity index is 1.22. The van der Waals surface area contributed by atoms with Crippen LogP contribution in [0.25, 0.3) is 0 Å². The van der Waals surface area contributed by atoms with E-state index in [1.165, 1.54) is 4.31 Å². The lowest BCUT2D eigenvalue weighted by Crippen LogP contribution is -2.41. The lowest BCUT2D eigenvalue weighted by atomic mass is 9.97. The predicted molar refractivity (Wildman–Crippen MR) is 130 cm³/mol. The lowest BCUT2D eigenvalue weighted by Gasteiger charge is -2.31. The normalized spacial score (nSPS) is 20.1. The van der Waals surface area contributed by atoms with Crippen molar-refractivity contribution in [1.29, 1.82) is 0 Å². The number of benzene rings is 2. The topological polar surface area (TPSA) is 84.9 Å². The van der Waals surface area contributed by atoms with Gasteiger partial charge in [0.15, 0.2) is 11.5 Å². The summed E-state index contributed by atoms with van der Waals surface area (Å²) in [6.45, 7) is 6.31. The van der Waals surface area contributed by atoms with Gasteiger partial charge in [-0.15, -0.1) is 0 Å². The largest absolute Gasteiger partial charge is 0.448 e. The minimum Gasteiger partial charge on any atom is -0.448 e. The summed E-state index contributed by atoms with van der Waals surface area (Å²) in [5, 5.41) is 2.99. The van der Waals surface area contributed by atoms with E-state index in [0.717, 1.165) is 48.1 Å². The van der Waals surface area contributed by atoms with E-state index >= 15 is 0 Å². The molecule has 0 radical (unpaired) electrons. The molecule has 7 nitrogen and oxygen atoms in total. The number of piperidine rings is 1. The number of amides is 1. The molecule has 2 aliphatic heterocycles. The van der Waals surface area contributed by atoms with Gasteiger partial charge in [0.05, 0.1) is 4.90 Å². The van der Waals surface area contributed by atoms with Crippen LogP contribution < -0.4 is 14.8 Å². The van der Waals surface area contributed by atoms with Crippen LogP contribution in [0.4, 0.5) is 5.69 Å². The molecule has 0 aromatic heterocycles. The first kappa shape index (κ1) is 23.2. The highest BCUT2D eigenvalue weighted by Gasteiger charge is 2.44. The van der Waals surface area contributed by atoms with Gasteiger partial charge in [-0.3, -0.25) is 4.79 Å². The maximum Gasteiger partial charge on any atom is 0.251 e. The average Bonchev–Trinajstić information content (AvgIpc) is 3.38. The van der Waals surface area contributed by atoms with Crippen molar-refractivity contribution in [2.75, 3.05) is 18.4 Å². The summed E-state index contributed by atoms with van der Waals surface area (Å²) in [7, 11) is -3.59. The quantitative estimate of drug-likeness (QED) is 0.680. The Hall–Kier alpha value is -2.58. The SMILES string of the molecule is Cc1cc(C)c(S(=O)(=O)N2CCC(C(=O)Nc3ccc4c(c3)OC3(CCCC3)O4)CC2)c(C)c1. The molecule has 1 saturated carbocycles. The number of hydrogen-bond acceptors (Lipinski definition) is 5. The smallest absolute Gasteiger partial charge is 0.251 e. The van der Waals surface area contributed by atoms with Crippen molar-refractivity contribution < 1.29 is 22.7 Å². The fourth-order valence-electron chi connectivity index (χ4n) is 5.59. The summed E-state index contributed by atoms with van der Waals surface area (Å²) in [5.41, 5.74) is 3.24. The molecule has 0 bridgehead atoms. The monoisotopic (exact) mass is 484 g/mol. The number of aryl methyl sites for hydroxylation is 3. The van der Waals surface area contributed by atoms with Crippen LogP contribution in [0, 0.1) is 26.7 Å². The van der Waals surface area contributed by atoms with Gasteiger partial charge in [0.1, 0.15) is 0 Å². The maximum atomic E-state index is 13.3. The number of anilines is 1. The van der Waals surface area contributed by atoms with Gasteiger partial charge in [-0.1, -0.05) is 17.7 Å². The average molecular weight is 485 g/mol. The second kappa shape index (κ2) is 8.57. The molecule has 2 fully saturated rings. The number of hydrogen-bond donors (Lipinski definition) is 1. The Morgan fingerprint density at radius 2 is 1.59 bits per heavy atom. The molecule has 3 aliphatic rings. The first-order valence-electron chi connectivity index (χ1n) is 12.1. The number of nitrogens with zero attached hydrogens (tertiary/aromatic N) is 1. The molecule has 1 spiro atoms. The number of carbonyl (C=O) groups is 1. The Labute approximate surface area is 201 Å². The fourth-order valence-corrected chi connectivity index (χ4v) is 7.48. The van der Waals surface area contributed by atoms with Crippen molar-refractivity contribution in [3.8, 4) is 11.5 Å². The summed E-state index contributed by atoms with van der Waals surface area (Å²) in [6, 6.07) is 9.30. The highest BCUT2D eigenvalue weighted by Crippen LogP contribution is 2.47. The van der Waals surface area contributed by atoms with Crippen molar-refractivity contribution in [3.63, 3.8) is 0 Å². The summed E-state index contributed by atoms with van der Waals surface area (Å²) in [5.74, 6) is 0.536. The zero-order valence-electron chi connectivity index (χ0n) is 20.0. The van der Waals surface area contributed by atoms with Crippen LogP contribution in [0.3, 0.4) is 0 Å². The number of rotatable bonds is 4. The van der Waals surface area contributed by atoms with Crippen LogP contribution in [0.15, 0.2) is 35.2 Å². The van der Waals surface area contributed by atoms with E-state index in [0.29, 0.717) is 42.3 Å². The highest BCUT2D eigenvalue weighted by molar-refractivity contribution is 7.89. The van der Waals surface area contributed by atoms with E-state index in [1.54, 1.807) is 0 Å². The number of fused-ring (bicyclic) bond motifs is 1. The first-order chi connectivity index (χ1) is 16.2. The lowest BCUT2D eigenvalue weighted by molar-refractivity contribution is -0.120. The molecule has 1 amide bonds. The molecule has 8 heteroatoms. The summed E-state index contributed by atoms with van der Waals surface area (Å²) in [4.78, 5) is 13.3. The van der Waals surface area contributed by atoms with Crippen LogP contribution in [-0.2, 0) is 14.8 Å². The van der Waals surface area contributed by atoms with E-state index in [-0.39, 0.29) is 11.8 Å². The van der Waals surface area contributed by atoms with Crippen LogP contribution in [0.1, 0.15) is 55.2 Å². The number of nitrogens with one attached hydrogen (secondary N) is 1. The van der Waals surface area contributed by atoms with E-state index in [4.69, 9.17) is 9.47 Å². The minimum atomic E-state index is -3.59. The molecule has 1 aliphatic carbocycles. The van der Waals surface area contributed by atoms with Gasteiger partial charge >= 0.3 is 0 Å². The summed E-state index contributed by atoms with van der Waals surface area (Å²) in [6.07, 6.45) is 4.93. The van der Waals surface area contributed by atoms with Crippen molar-refractivity contribution in [3.05, 3.63) is 47.0 Å². The number of carbonyl (C=O) groups excluding carboxylic acids is 1. The Morgan fingerprint density at radius 1 is 0.971 bits per heavy atom. The molecule has 1 N–H and O–H groups in total. The number of ether oxygens (including phenoxy) is 2. The number of sulfonamides is 1. The van der Waals surface area contributed by atoms with Crippen molar-refractivity contribution in [2.45, 2.75) is 70.0 Å². The van der Waals surface area contributed by atoms with Crippen LogP contribution in [0.5, 0.6) is 11.5 Å². The minimum absolute atomic E-state index is 0.0887. The zero-order chi connectivity index (χ0) is 24.1. The van der Waals surface area contributed by atoms with E-state index in [1.807, 2.05) is 51.1 Å². The summed E-state index contributed by atoms with van der Waals surface area (Å²) < 4.78 is 40.3. The molecular weight excluding hydrogens is 452 g/mol. The van der Waals surface area contributed by atoms with E-state index in [2.05, 4.69) is 5.32 Å². The molecule has 0 atom stereocenters. The third kappa shape index (κ3) is 4.18. The Morgan fingerprint density at radius 3 is 2.24 bits per heavy atom. The predicted octanol–water partition coefficient (Wildman–Crippen LogP) is 4.69. The summed E-state index contributed by atoms with van der Waals surface area (Å²) >= 11 is 0. The van der Waals surface area contributed by atoms with Gasteiger partial charge in [-0.25, -0.2) is 8.42 Å². The van der Waals surface area contributed by atoms with Gasteiger partial charge in [-0.05, 0) is 69.7 Å². The molecule has 182 valence electrons. The molecule has 2 aromatic carbocycles. The maximum absolute atomic E-state index is 13.3. The van der Waals surface area contributed by atoms with Crippen molar-refractivity contribution in [1.82, 2.24) is 4.31 Å². The molecule has 2 aromatic rings. The second-order valence-corrected chi connectivity index (χ2v) is 11.8. The van der Waals surface area contributed by atoms with Crippen molar-refractivity contribution >= 4 is 21.6 Å². The zero-order valence-corrected chi connectivity index (χ0v) is 20.8. The Bertz CT molecular complexity index is 1200. The highest BCUT2D eigenvalue weighted by atomic mass is 32.2. The first-order valence-corrected chi connectivity index (χ1v) is 13.5. The van der Waals surface area contributed by atoms with Crippen LogP contribution in [-0.4, -0.2) is 37.5 Å². The van der Waals surface area contributed by atoms with Crippen molar-refractivity contribution in [2.24, 2.45) is 5.92 Å². The van der Waals surface area contributed by atoms with E-state index in [9.17, 15) is 13.2 Å². The molecule has 5 rings (SSSR count). The molecular formula is C26H32N2O5S. The molecule has 1 saturated heterocycles. The van der Waals surface area contributed by atoms with Gasteiger partial charge < -0.3 is 14.8 Å². The van der Waals surface area contributed by atoms with Gasteiger partial charge in [-0.2, -0.15) is 4.31 Å². The van der Waals surface area contributed by atoms with Crippen LogP contribution in [0.2, 0.25) is 0 Å². The molecule has 0 unspecified atom stereocenters. The molecule has 2 heterocycles. The van der Waals surface area contributed by atoms with E-state index < -0.39 is 15.8 Å². The third-order valence-corrected chi connectivity index (χ3v) is 9.40. The second-order valence-electron chi connectivity index (χ2n) is 9.88. The molecule has 34 heavy (non-hydrogen) atoms. The van der Waals surface area contributed by atoms with Crippen LogP contribution >= 0.6 is 0 Å². The van der Waals surface area contributed by atoms with Gasteiger partial charge in [0.2, 0.25) is 15.9 Å². The fraction of sp³-hybridized carbons (Fsp3) is 0.500.